The lowest BCUT2D eigenvalue weighted by Gasteiger charge is -2.27. The number of Topliss-reactive ketones (excluding diaryl/α,β-unsaturated/α-hetero) is 2. The molecule has 2 unspecified atom stereocenters. The normalized spacial score (nSPS) is 17.4. The Balaban J connectivity index is 1.71. The van der Waals surface area contributed by atoms with Crippen LogP contribution < -0.4 is 9.64 Å². The molecule has 2 atom stereocenters. The summed E-state index contributed by atoms with van der Waals surface area (Å²) >= 11 is 0. The van der Waals surface area contributed by atoms with Crippen molar-refractivity contribution in [1.82, 2.24) is 0 Å². The largest absolute Gasteiger partial charge is 0.497 e. The highest BCUT2D eigenvalue weighted by molar-refractivity contribution is 6.49. The first-order chi connectivity index (χ1) is 16.9. The molecule has 0 bridgehead atoms. The van der Waals surface area contributed by atoms with Gasteiger partial charge in [0.05, 0.1) is 26.2 Å². The molecule has 7 heteroatoms. The minimum Gasteiger partial charge on any atom is -0.497 e. The third-order valence-electron chi connectivity index (χ3n) is 5.97. The smallest absolute Gasteiger partial charge is 0.310 e. The fraction of sp³-hybridized carbons (Fsp3) is 0.214. The number of ether oxygens (including phenoxy) is 2. The van der Waals surface area contributed by atoms with Crippen molar-refractivity contribution in [3.63, 3.8) is 0 Å². The molecule has 1 aliphatic heterocycles. The first kappa shape index (κ1) is 23.9. The Morgan fingerprint density at radius 1 is 0.886 bits per heavy atom. The lowest BCUT2D eigenvalue weighted by Crippen LogP contribution is -2.30. The van der Waals surface area contributed by atoms with Gasteiger partial charge in [-0.3, -0.25) is 24.1 Å². The van der Waals surface area contributed by atoms with Gasteiger partial charge < -0.3 is 9.47 Å². The molecule has 0 aliphatic carbocycles. The van der Waals surface area contributed by atoms with E-state index in [0.717, 1.165) is 0 Å². The van der Waals surface area contributed by atoms with Crippen LogP contribution in [0.15, 0.2) is 78.9 Å². The van der Waals surface area contributed by atoms with Gasteiger partial charge >= 0.3 is 5.97 Å². The Hall–Kier alpha value is -4.26. The van der Waals surface area contributed by atoms with E-state index in [9.17, 15) is 19.2 Å². The van der Waals surface area contributed by atoms with Crippen LogP contribution in [0.25, 0.3) is 0 Å². The SMILES string of the molecule is CCOC(=O)Cc1ccc(N2C(=O)C(=O)C(C(=O)c3ccc(OC)cc3)C2c2ccccc2)cc1. The minimum atomic E-state index is -1.20. The first-order valence-corrected chi connectivity index (χ1v) is 11.3. The number of anilines is 1. The molecule has 7 nitrogen and oxygen atoms in total. The molecule has 35 heavy (non-hydrogen) atoms. The third-order valence-corrected chi connectivity index (χ3v) is 5.97. The fourth-order valence-electron chi connectivity index (χ4n) is 4.29. The summed E-state index contributed by atoms with van der Waals surface area (Å²) in [6.45, 7) is 2.04. The summed E-state index contributed by atoms with van der Waals surface area (Å²) in [5, 5.41) is 0. The highest BCUT2D eigenvalue weighted by atomic mass is 16.5. The number of amides is 1. The summed E-state index contributed by atoms with van der Waals surface area (Å²) in [6, 6.07) is 21.5. The molecule has 0 saturated carbocycles. The van der Waals surface area contributed by atoms with Crippen LogP contribution in [0.3, 0.4) is 0 Å². The van der Waals surface area contributed by atoms with Crippen molar-refractivity contribution >= 4 is 29.1 Å². The molecular weight excluding hydrogens is 446 g/mol. The Bertz CT molecular complexity index is 1230. The summed E-state index contributed by atoms with van der Waals surface area (Å²) in [7, 11) is 1.53. The number of benzene rings is 3. The first-order valence-electron chi connectivity index (χ1n) is 11.3. The fourth-order valence-corrected chi connectivity index (χ4v) is 4.29. The predicted molar refractivity (Wildman–Crippen MR) is 129 cm³/mol. The van der Waals surface area contributed by atoms with Crippen LogP contribution in [0.4, 0.5) is 5.69 Å². The number of methoxy groups -OCH3 is 1. The number of hydrogen-bond donors (Lipinski definition) is 0. The van der Waals surface area contributed by atoms with Crippen LogP contribution in [0.5, 0.6) is 5.75 Å². The van der Waals surface area contributed by atoms with Crippen molar-refractivity contribution in [2.24, 2.45) is 5.92 Å². The van der Waals surface area contributed by atoms with Crippen LogP contribution in [-0.2, 0) is 25.5 Å². The van der Waals surface area contributed by atoms with Gasteiger partial charge in [0.1, 0.15) is 11.7 Å². The zero-order chi connectivity index (χ0) is 24.9. The van der Waals surface area contributed by atoms with Crippen molar-refractivity contribution in [3.8, 4) is 5.75 Å². The van der Waals surface area contributed by atoms with E-state index < -0.39 is 29.4 Å². The van der Waals surface area contributed by atoms with Gasteiger partial charge in [0.15, 0.2) is 5.78 Å². The Morgan fingerprint density at radius 2 is 1.54 bits per heavy atom. The molecule has 1 amide bonds. The molecule has 3 aromatic carbocycles. The van der Waals surface area contributed by atoms with E-state index in [4.69, 9.17) is 9.47 Å². The molecule has 178 valence electrons. The maximum absolute atomic E-state index is 13.5. The van der Waals surface area contributed by atoms with E-state index >= 15 is 0 Å². The van der Waals surface area contributed by atoms with Gasteiger partial charge in [0.2, 0.25) is 5.78 Å². The molecule has 4 rings (SSSR count). The number of carbonyl (C=O) groups excluding carboxylic acids is 4. The second kappa shape index (κ2) is 10.3. The van der Waals surface area contributed by atoms with E-state index in [1.807, 2.05) is 6.07 Å². The van der Waals surface area contributed by atoms with Crippen LogP contribution in [0.1, 0.15) is 34.5 Å². The summed E-state index contributed by atoms with van der Waals surface area (Å²) in [5.74, 6) is -2.89. The van der Waals surface area contributed by atoms with E-state index in [0.29, 0.717) is 34.7 Å². The lowest BCUT2D eigenvalue weighted by molar-refractivity contribution is -0.142. The number of hydrogen-bond acceptors (Lipinski definition) is 6. The predicted octanol–water partition coefficient (Wildman–Crippen LogP) is 3.96. The average molecular weight is 472 g/mol. The molecule has 1 aliphatic rings. The van der Waals surface area contributed by atoms with E-state index in [2.05, 4.69) is 0 Å². The topological polar surface area (TPSA) is 90.0 Å². The Kier molecular flexibility index (Phi) is 7.06. The van der Waals surface area contributed by atoms with Gasteiger partial charge in [-0.05, 0) is 54.4 Å². The molecule has 0 aromatic heterocycles. The van der Waals surface area contributed by atoms with Crippen molar-refractivity contribution in [2.75, 3.05) is 18.6 Å². The minimum absolute atomic E-state index is 0.0989. The van der Waals surface area contributed by atoms with Crippen LogP contribution >= 0.6 is 0 Å². The van der Waals surface area contributed by atoms with Gasteiger partial charge in [0.25, 0.3) is 5.91 Å². The van der Waals surface area contributed by atoms with Crippen LogP contribution in [0.2, 0.25) is 0 Å². The van der Waals surface area contributed by atoms with E-state index in [1.165, 1.54) is 12.0 Å². The van der Waals surface area contributed by atoms with Crippen LogP contribution in [0, 0.1) is 5.92 Å². The maximum Gasteiger partial charge on any atom is 0.310 e. The number of carbonyl (C=O) groups is 4. The molecule has 0 N–H and O–H groups in total. The maximum atomic E-state index is 13.5. The van der Waals surface area contributed by atoms with Gasteiger partial charge in [-0.1, -0.05) is 42.5 Å². The zero-order valence-corrected chi connectivity index (χ0v) is 19.5. The molecule has 0 radical (unpaired) electrons. The molecule has 1 fully saturated rings. The summed E-state index contributed by atoms with van der Waals surface area (Å²) in [6.07, 6.45) is 0.0989. The number of rotatable bonds is 8. The highest BCUT2D eigenvalue weighted by Gasteiger charge is 2.52. The molecule has 1 heterocycles. The lowest BCUT2D eigenvalue weighted by atomic mass is 9.86. The van der Waals surface area contributed by atoms with E-state index in [1.54, 1.807) is 79.7 Å². The van der Waals surface area contributed by atoms with Gasteiger partial charge in [-0.15, -0.1) is 0 Å². The second-order valence-electron chi connectivity index (χ2n) is 8.11. The highest BCUT2D eigenvalue weighted by Crippen LogP contribution is 2.41. The van der Waals surface area contributed by atoms with Crippen molar-refractivity contribution in [2.45, 2.75) is 19.4 Å². The van der Waals surface area contributed by atoms with Crippen molar-refractivity contribution in [3.05, 3.63) is 95.6 Å². The zero-order valence-electron chi connectivity index (χ0n) is 19.5. The standard InChI is InChI=1S/C28H25NO6/c1-3-35-23(30)17-18-9-13-21(14-10-18)29-25(19-7-5-4-6-8-19)24(27(32)28(29)33)26(31)20-11-15-22(34-2)16-12-20/h4-16,24-25H,3,17H2,1-2H3. The molecule has 3 aromatic rings. The number of ketones is 2. The van der Waals surface area contributed by atoms with Crippen molar-refractivity contribution < 1.29 is 28.7 Å². The second-order valence-corrected chi connectivity index (χ2v) is 8.11. The Labute approximate surface area is 203 Å². The summed E-state index contributed by atoms with van der Waals surface area (Å²) in [5.41, 5.74) is 2.18. The quantitative estimate of drug-likeness (QED) is 0.214. The molecular formula is C28H25NO6. The van der Waals surface area contributed by atoms with E-state index in [-0.39, 0.29) is 12.4 Å². The molecule has 0 spiro atoms. The average Bonchev–Trinajstić information content (AvgIpc) is 3.15. The van der Waals surface area contributed by atoms with Gasteiger partial charge in [-0.2, -0.15) is 0 Å². The van der Waals surface area contributed by atoms with Crippen molar-refractivity contribution in [1.29, 1.82) is 0 Å². The summed E-state index contributed by atoms with van der Waals surface area (Å²) in [4.78, 5) is 53.1. The Morgan fingerprint density at radius 3 is 2.14 bits per heavy atom. The number of esters is 1. The van der Waals surface area contributed by atoms with Gasteiger partial charge in [-0.25, -0.2) is 0 Å². The van der Waals surface area contributed by atoms with Gasteiger partial charge in [0, 0.05) is 11.3 Å². The molecule has 1 saturated heterocycles. The summed E-state index contributed by atoms with van der Waals surface area (Å²) < 4.78 is 10.1. The monoisotopic (exact) mass is 471 g/mol. The number of nitrogens with zero attached hydrogens (tertiary/aromatic N) is 1. The van der Waals surface area contributed by atoms with Crippen LogP contribution in [-0.4, -0.2) is 37.2 Å². The third kappa shape index (κ3) is 4.84.